The molecule has 0 radical (unpaired) electrons. The van der Waals surface area contributed by atoms with Gasteiger partial charge >= 0.3 is 0 Å². The zero-order valence-corrected chi connectivity index (χ0v) is 14.2. The molecule has 4 heterocycles. The van der Waals surface area contributed by atoms with Gasteiger partial charge in [0.1, 0.15) is 5.82 Å². The summed E-state index contributed by atoms with van der Waals surface area (Å²) in [5, 5.41) is 0. The van der Waals surface area contributed by atoms with Crippen LogP contribution in [0.1, 0.15) is 59.0 Å². The SMILES string of the molecule is CCc1nc2nccc(C(=O)N3C[C@@H]4CC[C@H]3c3ccccc34)c2[nH]1. The van der Waals surface area contributed by atoms with Gasteiger partial charge in [0.15, 0.2) is 5.65 Å². The second-order valence-electron chi connectivity index (χ2n) is 6.97. The Morgan fingerprint density at radius 2 is 2.08 bits per heavy atom. The van der Waals surface area contributed by atoms with Crippen molar-refractivity contribution in [2.45, 2.75) is 38.1 Å². The van der Waals surface area contributed by atoms with Crippen molar-refractivity contribution in [2.24, 2.45) is 0 Å². The zero-order chi connectivity index (χ0) is 17.0. The fraction of sp³-hybridized carbons (Fsp3) is 0.350. The molecule has 5 nitrogen and oxygen atoms in total. The normalized spacial score (nSPS) is 21.6. The van der Waals surface area contributed by atoms with E-state index in [9.17, 15) is 4.79 Å². The molecule has 5 heteroatoms. The Labute approximate surface area is 146 Å². The van der Waals surface area contributed by atoms with E-state index in [4.69, 9.17) is 0 Å². The number of carbonyl (C=O) groups excluding carboxylic acids is 1. The summed E-state index contributed by atoms with van der Waals surface area (Å²) in [7, 11) is 0. The highest BCUT2D eigenvalue weighted by Gasteiger charge is 2.40. The predicted molar refractivity (Wildman–Crippen MR) is 95.5 cm³/mol. The monoisotopic (exact) mass is 332 g/mol. The third-order valence-electron chi connectivity index (χ3n) is 5.64. The zero-order valence-electron chi connectivity index (χ0n) is 14.2. The van der Waals surface area contributed by atoms with Crippen LogP contribution in [0.3, 0.4) is 0 Å². The summed E-state index contributed by atoms with van der Waals surface area (Å²) in [6, 6.07) is 10.6. The minimum Gasteiger partial charge on any atom is -0.340 e. The Morgan fingerprint density at radius 1 is 1.24 bits per heavy atom. The summed E-state index contributed by atoms with van der Waals surface area (Å²) < 4.78 is 0. The molecule has 2 atom stereocenters. The molecule has 25 heavy (non-hydrogen) atoms. The van der Waals surface area contributed by atoms with E-state index in [-0.39, 0.29) is 11.9 Å². The molecule has 1 saturated heterocycles. The summed E-state index contributed by atoms with van der Waals surface area (Å²) in [6.45, 7) is 2.85. The van der Waals surface area contributed by atoms with E-state index < -0.39 is 0 Å². The van der Waals surface area contributed by atoms with E-state index in [1.54, 1.807) is 6.20 Å². The number of nitrogens with zero attached hydrogens (tertiary/aromatic N) is 3. The fourth-order valence-corrected chi connectivity index (χ4v) is 4.42. The van der Waals surface area contributed by atoms with Gasteiger partial charge in [-0.05, 0) is 30.0 Å². The second kappa shape index (κ2) is 5.41. The van der Waals surface area contributed by atoms with E-state index in [0.29, 0.717) is 17.1 Å². The topological polar surface area (TPSA) is 61.9 Å². The number of carbonyl (C=O) groups is 1. The maximum Gasteiger partial charge on any atom is 0.256 e. The molecule has 3 aromatic rings. The molecule has 0 unspecified atom stereocenters. The number of aryl methyl sites for hydroxylation is 1. The number of amides is 1. The van der Waals surface area contributed by atoms with E-state index in [0.717, 1.165) is 30.7 Å². The molecule has 1 aliphatic carbocycles. The largest absolute Gasteiger partial charge is 0.340 e. The highest BCUT2D eigenvalue weighted by atomic mass is 16.2. The van der Waals surface area contributed by atoms with Gasteiger partial charge in [0, 0.05) is 25.1 Å². The molecule has 3 aliphatic rings. The lowest BCUT2D eigenvalue weighted by atomic mass is 9.75. The Morgan fingerprint density at radius 3 is 2.92 bits per heavy atom. The van der Waals surface area contributed by atoms with E-state index in [1.807, 2.05) is 13.0 Å². The number of aromatic amines is 1. The summed E-state index contributed by atoms with van der Waals surface area (Å²) in [5.74, 6) is 1.41. The fourth-order valence-electron chi connectivity index (χ4n) is 4.42. The van der Waals surface area contributed by atoms with Gasteiger partial charge in [0.05, 0.1) is 17.1 Å². The molecule has 2 bridgehead atoms. The number of hydrogen-bond acceptors (Lipinski definition) is 3. The third kappa shape index (κ3) is 2.11. The van der Waals surface area contributed by atoms with Crippen LogP contribution in [0.2, 0.25) is 0 Å². The molecular weight excluding hydrogens is 312 g/mol. The van der Waals surface area contributed by atoms with Crippen LogP contribution >= 0.6 is 0 Å². The van der Waals surface area contributed by atoms with E-state index in [2.05, 4.69) is 44.1 Å². The summed E-state index contributed by atoms with van der Waals surface area (Å²) in [6.07, 6.45) is 4.70. The third-order valence-corrected chi connectivity index (χ3v) is 5.64. The Balaban J connectivity index is 1.57. The van der Waals surface area contributed by atoms with Crippen LogP contribution in [0, 0.1) is 0 Å². The van der Waals surface area contributed by atoms with Gasteiger partial charge in [-0.25, -0.2) is 9.97 Å². The van der Waals surface area contributed by atoms with Gasteiger partial charge < -0.3 is 9.88 Å². The van der Waals surface area contributed by atoms with E-state index in [1.165, 1.54) is 17.5 Å². The first-order valence-corrected chi connectivity index (χ1v) is 8.99. The van der Waals surface area contributed by atoms with Crippen molar-refractivity contribution in [1.29, 1.82) is 0 Å². The number of piperidine rings is 1. The maximum absolute atomic E-state index is 13.4. The lowest BCUT2D eigenvalue weighted by Crippen LogP contribution is -2.45. The minimum atomic E-state index is 0.0860. The quantitative estimate of drug-likeness (QED) is 0.780. The van der Waals surface area contributed by atoms with Gasteiger partial charge in [-0.1, -0.05) is 31.2 Å². The van der Waals surface area contributed by atoms with Crippen molar-refractivity contribution < 1.29 is 4.79 Å². The number of nitrogens with one attached hydrogen (secondary N) is 1. The van der Waals surface area contributed by atoms with Crippen LogP contribution in [0.25, 0.3) is 11.2 Å². The van der Waals surface area contributed by atoms with Crippen LogP contribution < -0.4 is 0 Å². The Bertz CT molecular complexity index is 977. The lowest BCUT2D eigenvalue weighted by Gasteiger charge is -2.46. The van der Waals surface area contributed by atoms with Gasteiger partial charge in [0.2, 0.25) is 0 Å². The van der Waals surface area contributed by atoms with Gasteiger partial charge in [-0.2, -0.15) is 0 Å². The number of H-pyrrole nitrogens is 1. The smallest absolute Gasteiger partial charge is 0.256 e. The standard InChI is InChI=1S/C20H20N4O/c1-2-17-22-18-15(9-10-21-19(18)23-17)20(25)24-11-12-7-8-16(24)14-6-4-3-5-13(12)14/h3-6,9-10,12,16H,2,7-8,11H2,1H3,(H,21,22,23)/t12-,16-/m0/s1. The first-order valence-electron chi connectivity index (χ1n) is 8.99. The number of rotatable bonds is 2. The van der Waals surface area contributed by atoms with Gasteiger partial charge in [-0.3, -0.25) is 4.79 Å². The van der Waals surface area contributed by atoms with Crippen molar-refractivity contribution in [2.75, 3.05) is 6.54 Å². The number of fused-ring (bicyclic) bond motifs is 3. The molecule has 1 fully saturated rings. The van der Waals surface area contributed by atoms with Crippen LogP contribution in [0.5, 0.6) is 0 Å². The molecule has 1 N–H and O–H groups in total. The average molecular weight is 332 g/mol. The highest BCUT2D eigenvalue weighted by molar-refractivity contribution is 6.04. The molecule has 0 spiro atoms. The first-order chi connectivity index (χ1) is 12.3. The maximum atomic E-state index is 13.4. The van der Waals surface area contributed by atoms with Crippen molar-refractivity contribution in [3.8, 4) is 0 Å². The van der Waals surface area contributed by atoms with Crippen LogP contribution in [0.15, 0.2) is 36.5 Å². The summed E-state index contributed by atoms with van der Waals surface area (Å²) in [5.41, 5.74) is 4.83. The number of pyridine rings is 1. The minimum absolute atomic E-state index is 0.0860. The molecule has 1 amide bonds. The second-order valence-corrected chi connectivity index (χ2v) is 6.97. The van der Waals surface area contributed by atoms with Crippen LogP contribution in [-0.2, 0) is 6.42 Å². The summed E-state index contributed by atoms with van der Waals surface area (Å²) >= 11 is 0. The molecule has 1 aromatic carbocycles. The van der Waals surface area contributed by atoms with Crippen molar-refractivity contribution in [1.82, 2.24) is 19.9 Å². The summed E-state index contributed by atoms with van der Waals surface area (Å²) in [4.78, 5) is 27.5. The predicted octanol–water partition coefficient (Wildman–Crippen LogP) is 3.59. The van der Waals surface area contributed by atoms with Crippen LogP contribution in [0.4, 0.5) is 0 Å². The Kier molecular flexibility index (Phi) is 3.17. The Hall–Kier alpha value is -2.69. The molecular formula is C20H20N4O. The van der Waals surface area contributed by atoms with Gasteiger partial charge in [0.25, 0.3) is 5.91 Å². The number of benzene rings is 1. The van der Waals surface area contributed by atoms with Crippen molar-refractivity contribution in [3.63, 3.8) is 0 Å². The molecule has 126 valence electrons. The number of imidazole rings is 1. The number of aromatic nitrogens is 3. The van der Waals surface area contributed by atoms with E-state index >= 15 is 0 Å². The lowest BCUT2D eigenvalue weighted by molar-refractivity contribution is 0.0543. The van der Waals surface area contributed by atoms with Crippen molar-refractivity contribution >= 4 is 17.1 Å². The van der Waals surface area contributed by atoms with Crippen molar-refractivity contribution in [3.05, 3.63) is 59.0 Å². The first kappa shape index (κ1) is 14.6. The molecule has 0 saturated carbocycles. The van der Waals surface area contributed by atoms with Crippen LogP contribution in [-0.4, -0.2) is 32.3 Å². The highest BCUT2D eigenvalue weighted by Crippen LogP contribution is 2.47. The molecule has 2 aliphatic heterocycles. The number of hydrogen-bond donors (Lipinski definition) is 1. The van der Waals surface area contributed by atoms with Gasteiger partial charge in [-0.15, -0.1) is 0 Å². The average Bonchev–Trinajstić information content (AvgIpc) is 3.11. The molecule has 2 aromatic heterocycles. The molecule has 6 rings (SSSR count).